The fraction of sp³-hybridized carbons (Fsp3) is 0.176. The molecular formula is C17H15ClN4O4. The summed E-state index contributed by atoms with van der Waals surface area (Å²) in [7, 11) is 2.62. The van der Waals surface area contributed by atoms with Gasteiger partial charge in [0.05, 0.1) is 17.0 Å². The summed E-state index contributed by atoms with van der Waals surface area (Å²) in [4.78, 5) is 36.9. The molecule has 0 unspecified atom stereocenters. The molecule has 0 atom stereocenters. The van der Waals surface area contributed by atoms with Crippen molar-refractivity contribution in [3.8, 4) is 5.88 Å². The van der Waals surface area contributed by atoms with E-state index >= 15 is 0 Å². The van der Waals surface area contributed by atoms with E-state index in [0.717, 1.165) is 14.1 Å². The molecule has 0 aliphatic carbocycles. The van der Waals surface area contributed by atoms with Crippen LogP contribution < -0.4 is 16.3 Å². The molecule has 26 heavy (non-hydrogen) atoms. The molecule has 1 aliphatic rings. The summed E-state index contributed by atoms with van der Waals surface area (Å²) >= 11 is 5.95. The van der Waals surface area contributed by atoms with Crippen molar-refractivity contribution in [2.75, 3.05) is 5.01 Å². The monoisotopic (exact) mass is 374 g/mol. The van der Waals surface area contributed by atoms with Crippen LogP contribution in [0.5, 0.6) is 5.88 Å². The maximum Gasteiger partial charge on any atom is 0.333 e. The second kappa shape index (κ2) is 6.30. The smallest absolute Gasteiger partial charge is 0.333 e. The lowest BCUT2D eigenvalue weighted by molar-refractivity contribution is -0.114. The molecule has 3 rings (SSSR count). The van der Waals surface area contributed by atoms with Crippen molar-refractivity contribution in [3.63, 3.8) is 0 Å². The number of amides is 1. The Morgan fingerprint density at radius 3 is 2.50 bits per heavy atom. The van der Waals surface area contributed by atoms with E-state index < -0.39 is 23.0 Å². The van der Waals surface area contributed by atoms with Gasteiger partial charge in [0, 0.05) is 19.1 Å². The van der Waals surface area contributed by atoms with Crippen LogP contribution in [-0.2, 0) is 18.9 Å². The number of hydrogen-bond acceptors (Lipinski definition) is 5. The molecule has 1 amide bonds. The van der Waals surface area contributed by atoms with E-state index in [-0.39, 0.29) is 11.1 Å². The highest BCUT2D eigenvalue weighted by Crippen LogP contribution is 2.27. The number of nitrogens with zero attached hydrogens (tertiary/aromatic N) is 4. The number of benzene rings is 1. The molecule has 0 saturated carbocycles. The first-order valence-electron chi connectivity index (χ1n) is 7.58. The molecule has 9 heteroatoms. The summed E-state index contributed by atoms with van der Waals surface area (Å²) in [6.45, 7) is 1.61. The van der Waals surface area contributed by atoms with Crippen LogP contribution in [0.15, 0.2) is 44.5 Å². The first-order chi connectivity index (χ1) is 12.2. The quantitative estimate of drug-likeness (QED) is 0.800. The lowest BCUT2D eigenvalue weighted by Crippen LogP contribution is -2.38. The van der Waals surface area contributed by atoms with Crippen molar-refractivity contribution in [3.05, 3.63) is 61.3 Å². The van der Waals surface area contributed by atoms with Crippen LogP contribution in [0.2, 0.25) is 5.02 Å². The van der Waals surface area contributed by atoms with E-state index in [1.54, 1.807) is 31.2 Å². The second-order valence-corrected chi connectivity index (χ2v) is 6.22. The molecular weight excluding hydrogens is 360 g/mol. The number of rotatable bonds is 2. The molecule has 0 saturated heterocycles. The Hall–Kier alpha value is -3.13. The third-order valence-electron chi connectivity index (χ3n) is 4.07. The predicted molar refractivity (Wildman–Crippen MR) is 98.6 cm³/mol. The summed E-state index contributed by atoms with van der Waals surface area (Å²) in [5, 5.41) is 16.0. The van der Waals surface area contributed by atoms with Crippen molar-refractivity contribution >= 4 is 35.0 Å². The fourth-order valence-electron chi connectivity index (χ4n) is 2.60. The number of hydrazone groups is 1. The highest BCUT2D eigenvalue weighted by molar-refractivity contribution is 6.33. The number of aromatic hydroxyl groups is 1. The summed E-state index contributed by atoms with van der Waals surface area (Å²) in [6, 6.07) is 6.62. The number of anilines is 1. The number of carbonyl (C=O) groups excluding carboxylic acids is 1. The molecule has 134 valence electrons. The Morgan fingerprint density at radius 2 is 1.85 bits per heavy atom. The van der Waals surface area contributed by atoms with Crippen molar-refractivity contribution in [2.45, 2.75) is 6.92 Å². The van der Waals surface area contributed by atoms with Crippen molar-refractivity contribution in [1.82, 2.24) is 9.13 Å². The maximum absolute atomic E-state index is 12.7. The van der Waals surface area contributed by atoms with E-state index in [4.69, 9.17) is 11.6 Å². The van der Waals surface area contributed by atoms with Crippen LogP contribution in [0, 0.1) is 0 Å². The normalized spacial score (nSPS) is 15.7. The topological polar surface area (TPSA) is 96.9 Å². The van der Waals surface area contributed by atoms with E-state index in [1.165, 1.54) is 20.2 Å². The Balaban J connectivity index is 2.13. The molecule has 1 N–H and O–H groups in total. The number of halogens is 1. The third-order valence-corrected chi connectivity index (χ3v) is 4.31. The van der Waals surface area contributed by atoms with Crippen LogP contribution in [-0.4, -0.2) is 25.9 Å². The Labute approximate surface area is 152 Å². The minimum Gasteiger partial charge on any atom is -0.494 e. The van der Waals surface area contributed by atoms with E-state index in [9.17, 15) is 19.5 Å². The largest absolute Gasteiger partial charge is 0.494 e. The van der Waals surface area contributed by atoms with Gasteiger partial charge in [-0.25, -0.2) is 4.79 Å². The van der Waals surface area contributed by atoms with Gasteiger partial charge in [-0.3, -0.25) is 18.7 Å². The highest BCUT2D eigenvalue weighted by atomic mass is 35.5. The summed E-state index contributed by atoms with van der Waals surface area (Å²) in [6.07, 6.45) is 1.24. The van der Waals surface area contributed by atoms with Gasteiger partial charge in [0.2, 0.25) is 5.88 Å². The van der Waals surface area contributed by atoms with Gasteiger partial charge in [0.25, 0.3) is 11.5 Å². The third kappa shape index (κ3) is 2.74. The Bertz CT molecular complexity index is 1110. The molecule has 0 spiro atoms. The first kappa shape index (κ1) is 17.7. The van der Waals surface area contributed by atoms with Gasteiger partial charge in [0.15, 0.2) is 0 Å². The molecule has 1 aliphatic heterocycles. The van der Waals surface area contributed by atoms with Crippen LogP contribution in [0.1, 0.15) is 12.5 Å². The summed E-state index contributed by atoms with van der Waals surface area (Å²) in [5.41, 5.74) is -0.567. The molecule has 0 fully saturated rings. The summed E-state index contributed by atoms with van der Waals surface area (Å²) in [5.74, 6) is -0.993. The van der Waals surface area contributed by atoms with Gasteiger partial charge >= 0.3 is 5.69 Å². The molecule has 2 heterocycles. The molecule has 1 aromatic heterocycles. The van der Waals surface area contributed by atoms with E-state index in [2.05, 4.69) is 5.10 Å². The Morgan fingerprint density at radius 1 is 1.15 bits per heavy atom. The van der Waals surface area contributed by atoms with Crippen LogP contribution in [0.4, 0.5) is 5.69 Å². The van der Waals surface area contributed by atoms with Gasteiger partial charge in [-0.05, 0) is 31.2 Å². The number of aromatic nitrogens is 2. The zero-order valence-electron chi connectivity index (χ0n) is 14.2. The zero-order valence-corrected chi connectivity index (χ0v) is 15.0. The lowest BCUT2D eigenvalue weighted by atomic mass is 10.1. The summed E-state index contributed by atoms with van der Waals surface area (Å²) < 4.78 is 1.78. The SMILES string of the molecule is CC1=NN(c2cccc(Cl)c2)C(=O)C1=Cc1c(O)n(C)c(=O)n(C)c1=O. The van der Waals surface area contributed by atoms with Gasteiger partial charge in [-0.1, -0.05) is 17.7 Å². The van der Waals surface area contributed by atoms with Crippen LogP contribution in [0.3, 0.4) is 0 Å². The second-order valence-electron chi connectivity index (χ2n) is 5.78. The molecule has 1 aromatic carbocycles. The average molecular weight is 375 g/mol. The highest BCUT2D eigenvalue weighted by Gasteiger charge is 2.30. The van der Waals surface area contributed by atoms with Crippen molar-refractivity contribution in [1.29, 1.82) is 0 Å². The van der Waals surface area contributed by atoms with E-state index in [0.29, 0.717) is 16.4 Å². The number of carbonyl (C=O) groups is 1. The molecule has 2 aromatic rings. The molecule has 0 bridgehead atoms. The maximum atomic E-state index is 12.7. The zero-order chi connectivity index (χ0) is 19.2. The van der Waals surface area contributed by atoms with Gasteiger partial charge in [-0.15, -0.1) is 0 Å². The van der Waals surface area contributed by atoms with Gasteiger partial charge in [-0.2, -0.15) is 10.1 Å². The minimum absolute atomic E-state index is 0.135. The van der Waals surface area contributed by atoms with Crippen molar-refractivity contribution in [2.24, 2.45) is 19.2 Å². The van der Waals surface area contributed by atoms with Crippen molar-refractivity contribution < 1.29 is 9.90 Å². The van der Waals surface area contributed by atoms with Gasteiger partial charge < -0.3 is 5.11 Å². The predicted octanol–water partition coefficient (Wildman–Crippen LogP) is 1.25. The lowest BCUT2D eigenvalue weighted by Gasteiger charge is -2.12. The van der Waals surface area contributed by atoms with Crippen LogP contribution in [0.25, 0.3) is 6.08 Å². The van der Waals surface area contributed by atoms with Crippen LogP contribution >= 0.6 is 11.6 Å². The van der Waals surface area contributed by atoms with Gasteiger partial charge in [0.1, 0.15) is 5.56 Å². The standard InChI is InChI=1S/C17H15ClN4O4/c1-9-12(8-13-14(23)20(2)17(26)21(3)15(13)24)16(25)22(19-9)11-6-4-5-10(18)7-11/h4-8,23H,1-3H3. The molecule has 0 radical (unpaired) electrons. The average Bonchev–Trinajstić information content (AvgIpc) is 2.89. The Kier molecular flexibility index (Phi) is 4.29. The number of hydrogen-bond donors (Lipinski definition) is 1. The molecule has 8 nitrogen and oxygen atoms in total. The minimum atomic E-state index is -0.708. The fourth-order valence-corrected chi connectivity index (χ4v) is 2.78. The first-order valence-corrected chi connectivity index (χ1v) is 7.96. The van der Waals surface area contributed by atoms with E-state index in [1.807, 2.05) is 0 Å².